The Morgan fingerprint density at radius 1 is 1.37 bits per heavy atom. The predicted octanol–water partition coefficient (Wildman–Crippen LogP) is 3.15. The molecule has 100 valence electrons. The van der Waals surface area contributed by atoms with Crippen LogP contribution >= 0.6 is 0 Å². The van der Waals surface area contributed by atoms with E-state index in [9.17, 15) is 4.79 Å². The number of aliphatic carboxylic acids is 1. The first-order valence-corrected chi connectivity index (χ1v) is 6.52. The lowest BCUT2D eigenvalue weighted by molar-refractivity contribution is -0.141. The average molecular weight is 258 g/mol. The highest BCUT2D eigenvalue weighted by molar-refractivity contribution is 5.91. The summed E-state index contributed by atoms with van der Waals surface area (Å²) in [5, 5.41) is 14.4. The molecule has 2 rings (SSSR count). The van der Waals surface area contributed by atoms with Crippen molar-refractivity contribution >= 4 is 22.6 Å². The van der Waals surface area contributed by atoms with Gasteiger partial charge in [-0.2, -0.15) is 0 Å². The van der Waals surface area contributed by atoms with Gasteiger partial charge in [-0.05, 0) is 17.9 Å². The minimum atomic E-state index is -0.755. The third-order valence-electron chi connectivity index (χ3n) is 3.18. The number of rotatable bonds is 6. The quantitative estimate of drug-likeness (QED) is 0.835. The molecular weight excluding hydrogens is 240 g/mol. The Hall–Kier alpha value is -2.10. The van der Waals surface area contributed by atoms with Crippen LogP contribution in [0.4, 0.5) is 5.82 Å². The Kier molecular flexibility index (Phi) is 4.34. The van der Waals surface area contributed by atoms with Crippen LogP contribution in [0.5, 0.6) is 0 Å². The molecule has 0 fully saturated rings. The monoisotopic (exact) mass is 258 g/mol. The zero-order valence-corrected chi connectivity index (χ0v) is 11.0. The van der Waals surface area contributed by atoms with Crippen molar-refractivity contribution in [3.63, 3.8) is 0 Å². The maximum Gasteiger partial charge on any atom is 0.308 e. The van der Waals surface area contributed by atoms with E-state index in [2.05, 4.69) is 10.3 Å². The van der Waals surface area contributed by atoms with Gasteiger partial charge in [0.25, 0.3) is 0 Å². The first kappa shape index (κ1) is 13.3. The third-order valence-corrected chi connectivity index (χ3v) is 3.18. The van der Waals surface area contributed by atoms with E-state index in [1.165, 1.54) is 0 Å². The molecule has 1 heterocycles. The molecule has 1 aromatic heterocycles. The summed E-state index contributed by atoms with van der Waals surface area (Å²) in [5.74, 6) is -0.374. The summed E-state index contributed by atoms with van der Waals surface area (Å²) in [5.41, 5.74) is 0. The van der Waals surface area contributed by atoms with Crippen molar-refractivity contribution in [1.29, 1.82) is 0 Å². The zero-order valence-electron chi connectivity index (χ0n) is 11.0. The van der Waals surface area contributed by atoms with Gasteiger partial charge in [0.15, 0.2) is 0 Å². The lowest BCUT2D eigenvalue weighted by Crippen LogP contribution is -2.23. The molecule has 4 heteroatoms. The first-order valence-electron chi connectivity index (χ1n) is 6.52. The van der Waals surface area contributed by atoms with Crippen molar-refractivity contribution in [3.8, 4) is 0 Å². The average Bonchev–Trinajstić information content (AvgIpc) is 2.43. The molecule has 4 nitrogen and oxygen atoms in total. The van der Waals surface area contributed by atoms with Crippen molar-refractivity contribution < 1.29 is 9.90 Å². The van der Waals surface area contributed by atoms with Gasteiger partial charge in [0.1, 0.15) is 5.82 Å². The number of nitrogens with zero attached hydrogens (tertiary/aromatic N) is 1. The molecule has 19 heavy (non-hydrogen) atoms. The predicted molar refractivity (Wildman–Crippen MR) is 76.3 cm³/mol. The van der Waals surface area contributed by atoms with Gasteiger partial charge < -0.3 is 10.4 Å². The van der Waals surface area contributed by atoms with Crippen LogP contribution in [0.15, 0.2) is 36.5 Å². The molecule has 2 N–H and O–H groups in total. The fraction of sp³-hybridized carbons (Fsp3) is 0.333. The molecule has 0 saturated carbocycles. The Morgan fingerprint density at radius 3 is 2.89 bits per heavy atom. The van der Waals surface area contributed by atoms with Crippen molar-refractivity contribution in [3.05, 3.63) is 36.5 Å². The van der Waals surface area contributed by atoms with Gasteiger partial charge >= 0.3 is 5.97 Å². The van der Waals surface area contributed by atoms with Crippen LogP contribution in [0.2, 0.25) is 0 Å². The Morgan fingerprint density at radius 2 is 2.16 bits per heavy atom. The van der Waals surface area contributed by atoms with Crippen LogP contribution in [0, 0.1) is 5.92 Å². The fourth-order valence-electron chi connectivity index (χ4n) is 2.14. The van der Waals surface area contributed by atoms with Gasteiger partial charge in [0, 0.05) is 18.1 Å². The second-order valence-electron chi connectivity index (χ2n) is 4.59. The molecule has 1 aromatic carbocycles. The zero-order chi connectivity index (χ0) is 13.7. The van der Waals surface area contributed by atoms with Crippen LogP contribution in [0.1, 0.15) is 19.8 Å². The van der Waals surface area contributed by atoms with Crippen molar-refractivity contribution in [2.75, 3.05) is 11.9 Å². The van der Waals surface area contributed by atoms with E-state index in [0.717, 1.165) is 23.0 Å². The minimum Gasteiger partial charge on any atom is -0.481 e. The Balaban J connectivity index is 2.15. The SMILES string of the molecule is CCCC(CNc1nccc2ccccc12)C(=O)O. The summed E-state index contributed by atoms with van der Waals surface area (Å²) in [6.45, 7) is 2.40. The summed E-state index contributed by atoms with van der Waals surface area (Å²) >= 11 is 0. The first-order chi connectivity index (χ1) is 9.22. The van der Waals surface area contributed by atoms with Crippen LogP contribution in [0.25, 0.3) is 10.8 Å². The van der Waals surface area contributed by atoms with E-state index in [-0.39, 0.29) is 5.92 Å². The maximum absolute atomic E-state index is 11.1. The Bertz CT molecular complexity index is 564. The second-order valence-corrected chi connectivity index (χ2v) is 4.59. The van der Waals surface area contributed by atoms with Crippen molar-refractivity contribution in [1.82, 2.24) is 4.98 Å². The molecule has 1 atom stereocenters. The number of carboxylic acids is 1. The van der Waals surface area contributed by atoms with Crippen LogP contribution in [0.3, 0.4) is 0 Å². The summed E-state index contributed by atoms with van der Waals surface area (Å²) in [7, 11) is 0. The smallest absolute Gasteiger partial charge is 0.308 e. The number of pyridine rings is 1. The highest BCUT2D eigenvalue weighted by atomic mass is 16.4. The molecule has 2 aromatic rings. The summed E-state index contributed by atoms with van der Waals surface area (Å²) < 4.78 is 0. The van der Waals surface area contributed by atoms with Crippen LogP contribution in [-0.4, -0.2) is 22.6 Å². The number of nitrogens with one attached hydrogen (secondary N) is 1. The van der Waals surface area contributed by atoms with Gasteiger partial charge in [0.2, 0.25) is 0 Å². The number of carboxylic acid groups (broad SMARTS) is 1. The van der Waals surface area contributed by atoms with Gasteiger partial charge in [0.05, 0.1) is 5.92 Å². The van der Waals surface area contributed by atoms with E-state index in [1.807, 2.05) is 37.3 Å². The van der Waals surface area contributed by atoms with E-state index in [0.29, 0.717) is 13.0 Å². The third kappa shape index (κ3) is 3.22. The van der Waals surface area contributed by atoms with Gasteiger partial charge in [-0.1, -0.05) is 37.6 Å². The molecule has 0 amide bonds. The topological polar surface area (TPSA) is 62.2 Å². The molecule has 0 radical (unpaired) electrons. The molecule has 1 unspecified atom stereocenters. The largest absolute Gasteiger partial charge is 0.481 e. The number of anilines is 1. The number of benzene rings is 1. The van der Waals surface area contributed by atoms with Crippen LogP contribution in [-0.2, 0) is 4.79 Å². The summed E-state index contributed by atoms with van der Waals surface area (Å²) in [6.07, 6.45) is 3.27. The van der Waals surface area contributed by atoms with E-state index in [1.54, 1.807) is 6.20 Å². The number of hydrogen-bond acceptors (Lipinski definition) is 3. The number of fused-ring (bicyclic) bond motifs is 1. The maximum atomic E-state index is 11.1. The number of aromatic nitrogens is 1. The Labute approximate surface area is 112 Å². The molecule has 0 saturated heterocycles. The summed E-state index contributed by atoms with van der Waals surface area (Å²) in [4.78, 5) is 15.4. The lowest BCUT2D eigenvalue weighted by Gasteiger charge is -2.14. The van der Waals surface area contributed by atoms with Crippen molar-refractivity contribution in [2.24, 2.45) is 5.92 Å². The molecular formula is C15H18N2O2. The van der Waals surface area contributed by atoms with Gasteiger partial charge in [-0.15, -0.1) is 0 Å². The standard InChI is InChI=1S/C15H18N2O2/c1-2-5-12(15(18)19)10-17-14-13-7-4-3-6-11(13)8-9-16-14/h3-4,6-9,12H,2,5,10H2,1H3,(H,16,17)(H,18,19). The highest BCUT2D eigenvalue weighted by Crippen LogP contribution is 2.21. The molecule has 0 aliphatic heterocycles. The highest BCUT2D eigenvalue weighted by Gasteiger charge is 2.16. The molecule has 0 aliphatic carbocycles. The van der Waals surface area contributed by atoms with Gasteiger partial charge in [-0.25, -0.2) is 4.98 Å². The fourth-order valence-corrected chi connectivity index (χ4v) is 2.14. The number of carbonyl (C=O) groups is 1. The summed E-state index contributed by atoms with van der Waals surface area (Å²) in [6, 6.07) is 9.88. The molecule has 0 aliphatic rings. The molecule has 0 spiro atoms. The van der Waals surface area contributed by atoms with E-state index in [4.69, 9.17) is 5.11 Å². The second kappa shape index (κ2) is 6.18. The van der Waals surface area contributed by atoms with Gasteiger partial charge in [-0.3, -0.25) is 4.79 Å². The normalized spacial score (nSPS) is 12.3. The number of hydrogen-bond donors (Lipinski definition) is 2. The van der Waals surface area contributed by atoms with E-state index < -0.39 is 5.97 Å². The lowest BCUT2D eigenvalue weighted by atomic mass is 10.0. The minimum absolute atomic E-state index is 0.370. The van der Waals surface area contributed by atoms with E-state index >= 15 is 0 Å². The molecule has 0 bridgehead atoms. The van der Waals surface area contributed by atoms with Crippen LogP contribution < -0.4 is 5.32 Å². The van der Waals surface area contributed by atoms with Crippen molar-refractivity contribution in [2.45, 2.75) is 19.8 Å².